The summed E-state index contributed by atoms with van der Waals surface area (Å²) in [5.74, 6) is -0.826. The number of amides is 2. The van der Waals surface area contributed by atoms with Crippen LogP contribution in [0.5, 0.6) is 0 Å². The maximum absolute atomic E-state index is 11.9. The van der Waals surface area contributed by atoms with Gasteiger partial charge in [-0.05, 0) is 6.92 Å². The van der Waals surface area contributed by atoms with Gasteiger partial charge in [0.05, 0.1) is 26.0 Å². The van der Waals surface area contributed by atoms with Crippen molar-refractivity contribution in [2.75, 3.05) is 33.9 Å². The molecule has 10 nitrogen and oxygen atoms in total. The van der Waals surface area contributed by atoms with Gasteiger partial charge in [-0.3, -0.25) is 19.3 Å². The van der Waals surface area contributed by atoms with Crippen molar-refractivity contribution in [3.8, 4) is 0 Å². The number of nitrogens with zero attached hydrogens (tertiary/aromatic N) is 1. The van der Waals surface area contributed by atoms with Gasteiger partial charge in [0, 0.05) is 18.4 Å². The molecule has 0 aromatic heterocycles. The lowest BCUT2D eigenvalue weighted by Crippen LogP contribution is -2.47. The van der Waals surface area contributed by atoms with Crippen molar-refractivity contribution >= 4 is 17.5 Å². The minimum atomic E-state index is -1.30. The minimum absolute atomic E-state index is 0.0496. The molecule has 0 saturated carbocycles. The van der Waals surface area contributed by atoms with Gasteiger partial charge in [0.25, 0.3) is 0 Å². The highest BCUT2D eigenvalue weighted by molar-refractivity contribution is 5.88. The van der Waals surface area contributed by atoms with Gasteiger partial charge >= 0.3 is 0 Å². The lowest BCUT2D eigenvalue weighted by molar-refractivity contribution is -0.181. The van der Waals surface area contributed by atoms with E-state index in [0.717, 1.165) is 0 Å². The monoisotopic (exact) mass is 408 g/mol. The van der Waals surface area contributed by atoms with Gasteiger partial charge in [0.2, 0.25) is 11.8 Å². The Bertz CT molecular complexity index is 430. The SMILES string of the molecule is CC.CC.CO/N=C(\C)CNC(=O)CCNC(=O)C(O)C(C)(C)CONOC. The van der Waals surface area contributed by atoms with Gasteiger partial charge in [-0.15, -0.1) is 0 Å². The molecule has 0 spiro atoms. The molecule has 2 amide bonds. The molecular weight excluding hydrogens is 368 g/mol. The molecule has 0 aliphatic heterocycles. The van der Waals surface area contributed by atoms with E-state index in [2.05, 4.69) is 31.1 Å². The number of oxime groups is 1. The average Bonchev–Trinajstić information content (AvgIpc) is 2.69. The van der Waals surface area contributed by atoms with Crippen LogP contribution < -0.4 is 16.3 Å². The summed E-state index contributed by atoms with van der Waals surface area (Å²) in [6.45, 7) is 13.5. The minimum Gasteiger partial charge on any atom is -0.399 e. The Labute approximate surface area is 169 Å². The van der Waals surface area contributed by atoms with Crippen LogP contribution in [0.25, 0.3) is 0 Å². The van der Waals surface area contributed by atoms with Crippen LogP contribution in [-0.2, 0) is 24.1 Å². The third-order valence-corrected chi connectivity index (χ3v) is 3.01. The quantitative estimate of drug-likeness (QED) is 0.216. The number of hydrogen-bond donors (Lipinski definition) is 4. The molecule has 10 heteroatoms. The molecular formula is C18H40N4O6. The molecule has 0 bridgehead atoms. The van der Waals surface area contributed by atoms with Crippen LogP contribution in [0.3, 0.4) is 0 Å². The summed E-state index contributed by atoms with van der Waals surface area (Å²) in [6, 6.07) is 0. The van der Waals surface area contributed by atoms with Crippen molar-refractivity contribution in [1.82, 2.24) is 16.3 Å². The fourth-order valence-electron chi connectivity index (χ4n) is 1.61. The molecule has 0 saturated heterocycles. The summed E-state index contributed by atoms with van der Waals surface area (Å²) in [7, 11) is 2.80. The second kappa shape index (κ2) is 20.0. The summed E-state index contributed by atoms with van der Waals surface area (Å²) < 4.78 is 0. The van der Waals surface area contributed by atoms with Crippen molar-refractivity contribution in [1.29, 1.82) is 0 Å². The molecule has 1 unspecified atom stereocenters. The Morgan fingerprint density at radius 2 is 1.68 bits per heavy atom. The molecule has 0 aromatic carbocycles. The zero-order valence-electron chi connectivity index (χ0n) is 18.8. The third kappa shape index (κ3) is 16.4. The van der Waals surface area contributed by atoms with Crippen LogP contribution in [0.4, 0.5) is 0 Å². The maximum Gasteiger partial charge on any atom is 0.249 e. The number of aliphatic hydroxyl groups excluding tert-OH is 1. The van der Waals surface area contributed by atoms with E-state index in [1.165, 1.54) is 14.2 Å². The summed E-state index contributed by atoms with van der Waals surface area (Å²) in [4.78, 5) is 37.5. The summed E-state index contributed by atoms with van der Waals surface area (Å²) in [5.41, 5.74) is 1.95. The molecule has 0 aliphatic carbocycles. The van der Waals surface area contributed by atoms with Gasteiger partial charge in [0.1, 0.15) is 13.2 Å². The first-order valence-corrected chi connectivity index (χ1v) is 9.43. The Hall–Kier alpha value is -1.75. The zero-order valence-corrected chi connectivity index (χ0v) is 18.8. The largest absolute Gasteiger partial charge is 0.399 e. The Balaban J connectivity index is -0.00000146. The van der Waals surface area contributed by atoms with E-state index in [1.807, 2.05) is 27.7 Å². The van der Waals surface area contributed by atoms with Crippen LogP contribution in [0.1, 0.15) is 54.9 Å². The molecule has 168 valence electrons. The highest BCUT2D eigenvalue weighted by Gasteiger charge is 2.34. The van der Waals surface area contributed by atoms with Crippen LogP contribution in [-0.4, -0.2) is 62.7 Å². The van der Waals surface area contributed by atoms with Gasteiger partial charge < -0.3 is 20.6 Å². The first kappa shape index (κ1) is 31.0. The number of aliphatic hydroxyl groups is 1. The molecule has 0 heterocycles. The van der Waals surface area contributed by atoms with E-state index in [-0.39, 0.29) is 32.0 Å². The second-order valence-electron chi connectivity index (χ2n) is 5.79. The van der Waals surface area contributed by atoms with E-state index in [9.17, 15) is 14.7 Å². The van der Waals surface area contributed by atoms with E-state index in [0.29, 0.717) is 5.71 Å². The number of rotatable bonds is 12. The third-order valence-electron chi connectivity index (χ3n) is 3.01. The number of hydrogen-bond acceptors (Lipinski definition) is 8. The fourth-order valence-corrected chi connectivity index (χ4v) is 1.61. The predicted octanol–water partition coefficient (Wildman–Crippen LogP) is 1.15. The molecule has 28 heavy (non-hydrogen) atoms. The van der Waals surface area contributed by atoms with Crippen molar-refractivity contribution in [3.05, 3.63) is 0 Å². The van der Waals surface area contributed by atoms with Crippen molar-refractivity contribution in [2.24, 2.45) is 10.6 Å². The van der Waals surface area contributed by atoms with Crippen LogP contribution in [0.15, 0.2) is 5.16 Å². The fraction of sp³-hybridized carbons (Fsp3) is 0.833. The number of carbonyl (C=O) groups excluding carboxylic acids is 2. The highest BCUT2D eigenvalue weighted by atomic mass is 16.9. The highest BCUT2D eigenvalue weighted by Crippen LogP contribution is 2.20. The van der Waals surface area contributed by atoms with E-state index < -0.39 is 17.4 Å². The Morgan fingerprint density at radius 3 is 2.18 bits per heavy atom. The van der Waals surface area contributed by atoms with Gasteiger partial charge in [0.15, 0.2) is 0 Å². The van der Waals surface area contributed by atoms with Crippen LogP contribution in [0.2, 0.25) is 0 Å². The van der Waals surface area contributed by atoms with Crippen molar-refractivity contribution in [2.45, 2.75) is 61.0 Å². The first-order valence-electron chi connectivity index (χ1n) is 9.43. The summed E-state index contributed by atoms with van der Waals surface area (Å²) in [5, 5.41) is 18.9. The normalized spacial score (nSPS) is 11.9. The molecule has 1 atom stereocenters. The summed E-state index contributed by atoms with van der Waals surface area (Å²) >= 11 is 0. The predicted molar refractivity (Wildman–Crippen MR) is 109 cm³/mol. The van der Waals surface area contributed by atoms with Gasteiger partial charge in [-0.1, -0.05) is 52.3 Å². The van der Waals surface area contributed by atoms with E-state index >= 15 is 0 Å². The van der Waals surface area contributed by atoms with Gasteiger partial charge in [-0.25, -0.2) is 0 Å². The second-order valence-corrected chi connectivity index (χ2v) is 5.79. The molecule has 0 aromatic rings. The number of carbonyl (C=O) groups is 2. The Kier molecular flexibility index (Phi) is 22.1. The average molecular weight is 409 g/mol. The van der Waals surface area contributed by atoms with E-state index in [1.54, 1.807) is 20.8 Å². The van der Waals surface area contributed by atoms with Gasteiger partial charge in [-0.2, -0.15) is 0 Å². The molecule has 4 N–H and O–H groups in total. The number of nitrogens with one attached hydrogen (secondary N) is 3. The first-order chi connectivity index (χ1) is 13.2. The molecule has 0 fully saturated rings. The maximum atomic E-state index is 11.9. The van der Waals surface area contributed by atoms with E-state index in [4.69, 9.17) is 4.84 Å². The van der Waals surface area contributed by atoms with Crippen molar-refractivity contribution < 1.29 is 29.2 Å². The zero-order chi connectivity index (χ0) is 22.6. The topological polar surface area (TPSA) is 131 Å². The van der Waals surface area contributed by atoms with Crippen molar-refractivity contribution in [3.63, 3.8) is 0 Å². The molecule has 0 aliphatic rings. The lowest BCUT2D eigenvalue weighted by Gasteiger charge is -2.28. The lowest BCUT2D eigenvalue weighted by atomic mass is 9.87. The smallest absolute Gasteiger partial charge is 0.249 e. The van der Waals surface area contributed by atoms with Crippen LogP contribution in [0, 0.1) is 5.41 Å². The molecule has 0 radical (unpaired) electrons. The molecule has 0 rings (SSSR count). The summed E-state index contributed by atoms with van der Waals surface area (Å²) in [6.07, 6.45) is -1.21. The van der Waals surface area contributed by atoms with Crippen LogP contribution >= 0.6 is 0 Å². The Morgan fingerprint density at radius 1 is 1.11 bits per heavy atom. The standard InChI is InChI=1S/C14H28N4O6.2C2H6/c1-10(17-22-4)8-16-11(19)6-7-15-13(21)12(20)14(2,3)9-24-18-23-5;2*1-2/h12,18,20H,6-9H2,1-5H3,(H,15,21)(H,16,19);2*1-2H3/b17-10+;;.